The average molecular weight is 271 g/mol. The summed E-state index contributed by atoms with van der Waals surface area (Å²) in [5.41, 5.74) is 2.47. The minimum absolute atomic E-state index is 0.272. The Morgan fingerprint density at radius 1 is 1.05 bits per heavy atom. The predicted octanol–water partition coefficient (Wildman–Crippen LogP) is 3.29. The average Bonchev–Trinajstić information content (AvgIpc) is 2.48. The van der Waals surface area contributed by atoms with E-state index in [1.165, 1.54) is 11.1 Å². The Kier molecular flexibility index (Phi) is 5.02. The van der Waals surface area contributed by atoms with E-state index in [0.29, 0.717) is 5.75 Å². The van der Waals surface area contributed by atoms with Gasteiger partial charge in [-0.3, -0.25) is 0 Å². The van der Waals surface area contributed by atoms with Crippen molar-refractivity contribution in [1.29, 1.82) is 0 Å². The second-order valence-corrected chi connectivity index (χ2v) is 4.87. The maximum atomic E-state index is 9.28. The summed E-state index contributed by atoms with van der Waals surface area (Å²) in [4.78, 5) is 0. The summed E-state index contributed by atoms with van der Waals surface area (Å²) in [6.07, 6.45) is 0.979. The number of aromatic hydroxyl groups is 1. The zero-order chi connectivity index (χ0) is 14.4. The Balaban J connectivity index is 1.81. The monoisotopic (exact) mass is 271 g/mol. The van der Waals surface area contributed by atoms with Crippen molar-refractivity contribution in [2.75, 3.05) is 13.7 Å². The molecule has 1 atom stereocenters. The number of hydrogen-bond donors (Lipinski definition) is 2. The Hall–Kier alpha value is -2.00. The van der Waals surface area contributed by atoms with Crippen molar-refractivity contribution in [3.05, 3.63) is 59.7 Å². The molecule has 0 aliphatic heterocycles. The van der Waals surface area contributed by atoms with Crippen LogP contribution in [0.25, 0.3) is 0 Å². The molecule has 2 rings (SSSR count). The third-order valence-corrected chi connectivity index (χ3v) is 3.42. The van der Waals surface area contributed by atoms with E-state index in [-0.39, 0.29) is 6.04 Å². The Morgan fingerprint density at radius 2 is 1.70 bits per heavy atom. The molecule has 0 aliphatic rings. The number of hydrogen-bond acceptors (Lipinski definition) is 3. The number of benzene rings is 2. The molecule has 0 radical (unpaired) electrons. The highest BCUT2D eigenvalue weighted by molar-refractivity contribution is 5.28. The quantitative estimate of drug-likeness (QED) is 0.847. The predicted molar refractivity (Wildman–Crippen MR) is 81.2 cm³/mol. The molecule has 0 aliphatic carbocycles. The van der Waals surface area contributed by atoms with E-state index in [0.717, 1.165) is 18.7 Å². The van der Waals surface area contributed by atoms with Gasteiger partial charge in [0.2, 0.25) is 0 Å². The first-order chi connectivity index (χ1) is 9.69. The SMILES string of the molecule is COc1ccc(CCNC(C)c2ccc(O)cc2)cc1. The van der Waals surface area contributed by atoms with E-state index in [1.54, 1.807) is 19.2 Å². The van der Waals surface area contributed by atoms with E-state index in [2.05, 4.69) is 24.4 Å². The molecule has 2 N–H and O–H groups in total. The fourth-order valence-electron chi connectivity index (χ4n) is 2.11. The minimum atomic E-state index is 0.272. The van der Waals surface area contributed by atoms with E-state index >= 15 is 0 Å². The molecule has 3 heteroatoms. The molecule has 0 amide bonds. The normalized spacial score (nSPS) is 12.1. The lowest BCUT2D eigenvalue weighted by Crippen LogP contribution is -2.21. The number of methoxy groups -OCH3 is 1. The van der Waals surface area contributed by atoms with Gasteiger partial charge in [-0.2, -0.15) is 0 Å². The standard InChI is InChI=1S/C17H21NO2/c1-13(15-5-7-16(19)8-6-15)18-12-11-14-3-9-17(20-2)10-4-14/h3-10,13,18-19H,11-12H2,1-2H3. The van der Waals surface area contributed by atoms with Gasteiger partial charge < -0.3 is 15.2 Å². The van der Waals surface area contributed by atoms with Gasteiger partial charge in [0.25, 0.3) is 0 Å². The van der Waals surface area contributed by atoms with Crippen LogP contribution < -0.4 is 10.1 Å². The minimum Gasteiger partial charge on any atom is -0.508 e. The summed E-state index contributed by atoms with van der Waals surface area (Å²) in [5, 5.41) is 12.8. The van der Waals surface area contributed by atoms with Crippen molar-refractivity contribution in [3.63, 3.8) is 0 Å². The zero-order valence-corrected chi connectivity index (χ0v) is 12.0. The Bertz CT molecular complexity index is 520. The van der Waals surface area contributed by atoms with Crippen LogP contribution in [0.2, 0.25) is 0 Å². The molecule has 0 bridgehead atoms. The molecule has 2 aromatic rings. The molecular weight excluding hydrogens is 250 g/mol. The van der Waals surface area contributed by atoms with Crippen LogP contribution in [0, 0.1) is 0 Å². The summed E-state index contributed by atoms with van der Waals surface area (Å²) in [5.74, 6) is 1.19. The molecular formula is C17H21NO2. The van der Waals surface area contributed by atoms with Gasteiger partial charge in [-0.15, -0.1) is 0 Å². The van der Waals surface area contributed by atoms with Crippen molar-refractivity contribution in [1.82, 2.24) is 5.32 Å². The molecule has 0 aromatic heterocycles. The Labute approximate surface area is 120 Å². The highest BCUT2D eigenvalue weighted by Crippen LogP contribution is 2.16. The van der Waals surface area contributed by atoms with Gasteiger partial charge in [0, 0.05) is 6.04 Å². The summed E-state index contributed by atoms with van der Waals surface area (Å²) < 4.78 is 5.14. The molecule has 0 spiro atoms. The molecule has 0 heterocycles. The maximum Gasteiger partial charge on any atom is 0.118 e. The summed E-state index contributed by atoms with van der Waals surface area (Å²) in [6, 6.07) is 15.7. The van der Waals surface area contributed by atoms with E-state index < -0.39 is 0 Å². The molecule has 0 saturated carbocycles. The van der Waals surface area contributed by atoms with Crippen molar-refractivity contribution >= 4 is 0 Å². The second kappa shape index (κ2) is 6.96. The van der Waals surface area contributed by atoms with Crippen LogP contribution in [0.15, 0.2) is 48.5 Å². The van der Waals surface area contributed by atoms with Gasteiger partial charge >= 0.3 is 0 Å². The first-order valence-corrected chi connectivity index (χ1v) is 6.84. The van der Waals surface area contributed by atoms with Crippen LogP contribution >= 0.6 is 0 Å². The first-order valence-electron chi connectivity index (χ1n) is 6.84. The van der Waals surface area contributed by atoms with Crippen molar-refractivity contribution in [3.8, 4) is 11.5 Å². The van der Waals surface area contributed by atoms with Gasteiger partial charge in [0.15, 0.2) is 0 Å². The van der Waals surface area contributed by atoms with Gasteiger partial charge in [0.1, 0.15) is 11.5 Å². The molecule has 0 saturated heterocycles. The number of phenols is 1. The van der Waals surface area contributed by atoms with E-state index in [4.69, 9.17) is 4.74 Å². The molecule has 3 nitrogen and oxygen atoms in total. The van der Waals surface area contributed by atoms with Gasteiger partial charge in [-0.05, 0) is 55.3 Å². The van der Waals surface area contributed by atoms with Crippen molar-refractivity contribution in [2.45, 2.75) is 19.4 Å². The zero-order valence-electron chi connectivity index (χ0n) is 12.0. The summed E-state index contributed by atoms with van der Waals surface area (Å²) >= 11 is 0. The number of phenolic OH excluding ortho intramolecular Hbond substituents is 1. The molecule has 106 valence electrons. The van der Waals surface area contributed by atoms with E-state index in [1.807, 2.05) is 24.3 Å². The van der Waals surface area contributed by atoms with Gasteiger partial charge in [-0.25, -0.2) is 0 Å². The molecule has 20 heavy (non-hydrogen) atoms. The van der Waals surface area contributed by atoms with Crippen LogP contribution in [-0.4, -0.2) is 18.8 Å². The van der Waals surface area contributed by atoms with Crippen LogP contribution in [0.3, 0.4) is 0 Å². The molecule has 1 unspecified atom stereocenters. The highest BCUT2D eigenvalue weighted by atomic mass is 16.5. The van der Waals surface area contributed by atoms with Gasteiger partial charge in [-0.1, -0.05) is 24.3 Å². The lowest BCUT2D eigenvalue weighted by molar-refractivity contribution is 0.414. The number of rotatable bonds is 6. The van der Waals surface area contributed by atoms with Crippen molar-refractivity contribution < 1.29 is 9.84 Å². The molecule has 0 fully saturated rings. The smallest absolute Gasteiger partial charge is 0.118 e. The van der Waals surface area contributed by atoms with Gasteiger partial charge in [0.05, 0.1) is 7.11 Å². The fraction of sp³-hybridized carbons (Fsp3) is 0.294. The third-order valence-electron chi connectivity index (χ3n) is 3.42. The summed E-state index contributed by atoms with van der Waals surface area (Å²) in [7, 11) is 1.68. The largest absolute Gasteiger partial charge is 0.508 e. The molecule has 2 aromatic carbocycles. The van der Waals surface area contributed by atoms with E-state index in [9.17, 15) is 5.11 Å². The third kappa shape index (κ3) is 4.00. The highest BCUT2D eigenvalue weighted by Gasteiger charge is 2.04. The first kappa shape index (κ1) is 14.4. The van der Waals surface area contributed by atoms with Crippen LogP contribution in [0.1, 0.15) is 24.1 Å². The second-order valence-electron chi connectivity index (χ2n) is 4.87. The van der Waals surface area contributed by atoms with Crippen LogP contribution in [-0.2, 0) is 6.42 Å². The lowest BCUT2D eigenvalue weighted by atomic mass is 10.1. The van der Waals surface area contributed by atoms with Crippen LogP contribution in [0.5, 0.6) is 11.5 Å². The Morgan fingerprint density at radius 3 is 2.30 bits per heavy atom. The lowest BCUT2D eigenvalue weighted by Gasteiger charge is -2.14. The van der Waals surface area contributed by atoms with Crippen molar-refractivity contribution in [2.24, 2.45) is 0 Å². The summed E-state index contributed by atoms with van der Waals surface area (Å²) in [6.45, 7) is 3.04. The number of ether oxygens (including phenoxy) is 1. The fourth-order valence-corrected chi connectivity index (χ4v) is 2.11. The topological polar surface area (TPSA) is 41.5 Å². The maximum absolute atomic E-state index is 9.28. The number of nitrogens with one attached hydrogen (secondary N) is 1. The van der Waals surface area contributed by atoms with Crippen LogP contribution in [0.4, 0.5) is 0 Å².